The summed E-state index contributed by atoms with van der Waals surface area (Å²) in [5, 5.41) is 8.85. The van der Waals surface area contributed by atoms with Gasteiger partial charge in [0.2, 0.25) is 0 Å². The van der Waals surface area contributed by atoms with Gasteiger partial charge >= 0.3 is 0 Å². The lowest BCUT2D eigenvalue weighted by Crippen LogP contribution is -2.29. The van der Waals surface area contributed by atoms with Gasteiger partial charge in [-0.2, -0.15) is 5.26 Å². The van der Waals surface area contributed by atoms with Crippen molar-refractivity contribution in [2.45, 2.75) is 13.1 Å². The Morgan fingerprint density at radius 3 is 1.96 bits per heavy atom. The molecule has 23 heavy (non-hydrogen) atoms. The molecule has 114 valence electrons. The van der Waals surface area contributed by atoms with E-state index in [4.69, 9.17) is 14.1 Å². The summed E-state index contributed by atoms with van der Waals surface area (Å²) >= 11 is 0. The molecule has 0 aliphatic rings. The van der Waals surface area contributed by atoms with Crippen LogP contribution in [0.5, 0.6) is 0 Å². The molecule has 0 saturated carbocycles. The van der Waals surface area contributed by atoms with Crippen LogP contribution in [-0.2, 0) is 13.1 Å². The van der Waals surface area contributed by atoms with Crippen molar-refractivity contribution in [3.63, 3.8) is 0 Å². The van der Waals surface area contributed by atoms with Crippen molar-refractivity contribution in [1.29, 1.82) is 5.26 Å². The van der Waals surface area contributed by atoms with E-state index in [1.165, 1.54) is 0 Å². The average molecular weight is 306 g/mol. The van der Waals surface area contributed by atoms with Gasteiger partial charge in [-0.05, 0) is 48.5 Å². The van der Waals surface area contributed by atoms with E-state index in [1.807, 2.05) is 18.2 Å². The van der Waals surface area contributed by atoms with Gasteiger partial charge < -0.3 is 13.7 Å². The van der Waals surface area contributed by atoms with Crippen molar-refractivity contribution in [2.24, 2.45) is 0 Å². The lowest BCUT2D eigenvalue weighted by molar-refractivity contribution is 0.0705. The molecule has 2 heterocycles. The number of rotatable bonds is 5. The van der Waals surface area contributed by atoms with Gasteiger partial charge in [-0.15, -0.1) is 0 Å². The molecule has 3 aromatic rings. The fourth-order valence-electron chi connectivity index (χ4n) is 2.25. The smallest absolute Gasteiger partial charge is 0.254 e. The predicted molar refractivity (Wildman–Crippen MR) is 82.2 cm³/mol. The number of benzene rings is 1. The second kappa shape index (κ2) is 6.67. The predicted octanol–water partition coefficient (Wildman–Crippen LogP) is 3.59. The van der Waals surface area contributed by atoms with E-state index in [1.54, 1.807) is 53.8 Å². The molecule has 1 amide bonds. The fraction of sp³-hybridized carbons (Fsp3) is 0.111. The maximum absolute atomic E-state index is 12.8. The van der Waals surface area contributed by atoms with Crippen LogP contribution in [0.2, 0.25) is 0 Å². The molecule has 0 unspecified atom stereocenters. The maximum atomic E-state index is 12.8. The fourth-order valence-corrected chi connectivity index (χ4v) is 2.25. The Labute approximate surface area is 133 Å². The zero-order valence-corrected chi connectivity index (χ0v) is 12.3. The van der Waals surface area contributed by atoms with E-state index in [2.05, 4.69) is 0 Å². The summed E-state index contributed by atoms with van der Waals surface area (Å²) < 4.78 is 10.7. The first-order chi connectivity index (χ1) is 11.3. The molecular weight excluding hydrogens is 292 g/mol. The highest BCUT2D eigenvalue weighted by atomic mass is 16.3. The van der Waals surface area contributed by atoms with Crippen molar-refractivity contribution < 1.29 is 13.6 Å². The molecule has 0 spiro atoms. The average Bonchev–Trinajstić information content (AvgIpc) is 3.27. The van der Waals surface area contributed by atoms with Crippen LogP contribution in [0.1, 0.15) is 27.4 Å². The Morgan fingerprint density at radius 1 is 0.957 bits per heavy atom. The van der Waals surface area contributed by atoms with Crippen LogP contribution in [-0.4, -0.2) is 10.8 Å². The summed E-state index contributed by atoms with van der Waals surface area (Å²) in [4.78, 5) is 14.4. The van der Waals surface area contributed by atoms with Gasteiger partial charge in [0.15, 0.2) is 0 Å². The molecule has 0 aliphatic carbocycles. The Morgan fingerprint density at radius 2 is 1.52 bits per heavy atom. The van der Waals surface area contributed by atoms with Crippen molar-refractivity contribution >= 4 is 5.91 Å². The third-order valence-corrected chi connectivity index (χ3v) is 3.40. The Kier molecular flexibility index (Phi) is 4.25. The molecule has 1 aromatic carbocycles. The molecular formula is C18H14N2O3. The van der Waals surface area contributed by atoms with Crippen molar-refractivity contribution in [1.82, 2.24) is 4.90 Å². The Hall–Kier alpha value is -3.26. The maximum Gasteiger partial charge on any atom is 0.254 e. The minimum Gasteiger partial charge on any atom is -0.467 e. The monoisotopic (exact) mass is 306 g/mol. The minimum atomic E-state index is -0.151. The first-order valence-corrected chi connectivity index (χ1v) is 7.10. The second-order valence-electron chi connectivity index (χ2n) is 5.01. The van der Waals surface area contributed by atoms with Crippen LogP contribution in [0.15, 0.2) is 69.9 Å². The van der Waals surface area contributed by atoms with Crippen molar-refractivity contribution in [3.05, 3.63) is 83.7 Å². The molecule has 0 saturated heterocycles. The SMILES string of the molecule is N#Cc1ccc(C(=O)N(Cc2ccco2)Cc2ccco2)cc1. The number of carbonyl (C=O) groups excluding carboxylic acids is 1. The number of carbonyl (C=O) groups is 1. The summed E-state index contributed by atoms with van der Waals surface area (Å²) in [6.07, 6.45) is 3.15. The number of nitriles is 1. The molecule has 5 nitrogen and oxygen atoms in total. The van der Waals surface area contributed by atoms with Gasteiger partial charge in [0.1, 0.15) is 11.5 Å². The van der Waals surface area contributed by atoms with E-state index in [0.717, 1.165) is 0 Å². The zero-order chi connectivity index (χ0) is 16.1. The number of amides is 1. The highest BCUT2D eigenvalue weighted by Gasteiger charge is 2.19. The third kappa shape index (κ3) is 3.50. The quantitative estimate of drug-likeness (QED) is 0.722. The summed E-state index contributed by atoms with van der Waals surface area (Å²) in [5.41, 5.74) is 1.03. The Balaban J connectivity index is 1.83. The molecule has 0 atom stereocenters. The second-order valence-corrected chi connectivity index (χ2v) is 5.01. The molecule has 0 radical (unpaired) electrons. The topological polar surface area (TPSA) is 70.4 Å². The van der Waals surface area contributed by atoms with Crippen molar-refractivity contribution in [3.8, 4) is 6.07 Å². The number of furan rings is 2. The zero-order valence-electron chi connectivity index (χ0n) is 12.3. The Bertz CT molecular complexity index is 761. The van der Waals surface area contributed by atoms with Crippen molar-refractivity contribution in [2.75, 3.05) is 0 Å². The van der Waals surface area contributed by atoms with Gasteiger partial charge in [-0.1, -0.05) is 0 Å². The van der Waals surface area contributed by atoms with Gasteiger partial charge in [0.05, 0.1) is 37.2 Å². The van der Waals surface area contributed by atoms with E-state index >= 15 is 0 Å². The summed E-state index contributed by atoms with van der Waals surface area (Å²) in [5.74, 6) is 1.24. The highest BCUT2D eigenvalue weighted by Crippen LogP contribution is 2.15. The highest BCUT2D eigenvalue weighted by molar-refractivity contribution is 5.94. The summed E-state index contributed by atoms with van der Waals surface area (Å²) in [6.45, 7) is 0.680. The van der Waals surface area contributed by atoms with Crippen LogP contribution in [0.4, 0.5) is 0 Å². The lowest BCUT2D eigenvalue weighted by Gasteiger charge is -2.20. The van der Waals surface area contributed by atoms with Gasteiger partial charge in [0.25, 0.3) is 5.91 Å². The third-order valence-electron chi connectivity index (χ3n) is 3.40. The van der Waals surface area contributed by atoms with Gasteiger partial charge in [0, 0.05) is 5.56 Å². The molecule has 5 heteroatoms. The standard InChI is InChI=1S/C18H14N2O3/c19-11-14-5-7-15(8-6-14)18(21)20(12-16-3-1-9-22-16)13-17-4-2-10-23-17/h1-10H,12-13H2. The first-order valence-electron chi connectivity index (χ1n) is 7.10. The van der Waals surface area contributed by atoms with E-state index in [0.29, 0.717) is 35.7 Å². The van der Waals surface area contributed by atoms with Gasteiger partial charge in [-0.3, -0.25) is 4.79 Å². The van der Waals surface area contributed by atoms with Crippen LogP contribution in [0, 0.1) is 11.3 Å². The van der Waals surface area contributed by atoms with E-state index < -0.39 is 0 Å². The molecule has 0 N–H and O–H groups in total. The van der Waals surface area contributed by atoms with Crippen LogP contribution >= 0.6 is 0 Å². The van der Waals surface area contributed by atoms with Crippen LogP contribution < -0.4 is 0 Å². The molecule has 2 aromatic heterocycles. The number of hydrogen-bond acceptors (Lipinski definition) is 4. The lowest BCUT2D eigenvalue weighted by atomic mass is 10.1. The van der Waals surface area contributed by atoms with E-state index in [9.17, 15) is 4.79 Å². The van der Waals surface area contributed by atoms with E-state index in [-0.39, 0.29) is 5.91 Å². The van der Waals surface area contributed by atoms with Crippen LogP contribution in [0.25, 0.3) is 0 Å². The largest absolute Gasteiger partial charge is 0.467 e. The minimum absolute atomic E-state index is 0.151. The first kappa shape index (κ1) is 14.7. The van der Waals surface area contributed by atoms with Crippen LogP contribution in [0.3, 0.4) is 0 Å². The molecule has 0 aliphatic heterocycles. The summed E-state index contributed by atoms with van der Waals surface area (Å²) in [7, 11) is 0. The molecule has 0 fully saturated rings. The summed E-state index contributed by atoms with van der Waals surface area (Å²) in [6, 6.07) is 15.8. The normalized spacial score (nSPS) is 10.2. The number of hydrogen-bond donors (Lipinski definition) is 0. The number of nitrogens with zero attached hydrogens (tertiary/aromatic N) is 2. The van der Waals surface area contributed by atoms with Gasteiger partial charge in [-0.25, -0.2) is 0 Å². The molecule has 0 bridgehead atoms. The molecule has 3 rings (SSSR count).